The lowest BCUT2D eigenvalue weighted by atomic mass is 9.93. The molecule has 0 spiro atoms. The van der Waals surface area contributed by atoms with Gasteiger partial charge in [-0.3, -0.25) is 9.48 Å². The van der Waals surface area contributed by atoms with E-state index in [9.17, 15) is 4.79 Å². The summed E-state index contributed by atoms with van der Waals surface area (Å²) in [7, 11) is 1.95. The van der Waals surface area contributed by atoms with Gasteiger partial charge in [-0.25, -0.2) is 0 Å². The fourth-order valence-electron chi connectivity index (χ4n) is 2.33. The second kappa shape index (κ2) is 5.52. The van der Waals surface area contributed by atoms with Crippen LogP contribution >= 0.6 is 0 Å². The largest absolute Gasteiger partial charge is 0.369 e. The topological polar surface area (TPSA) is 56.1 Å². The Balaban J connectivity index is 1.96. The molecule has 0 aliphatic heterocycles. The summed E-state index contributed by atoms with van der Waals surface area (Å²) in [4.78, 5) is 11.8. The van der Waals surface area contributed by atoms with Crippen molar-refractivity contribution in [1.82, 2.24) is 15.1 Å². The Morgan fingerprint density at radius 2 is 2.44 bits per heavy atom. The standard InChI is InChI=1S/C13H21N3O2/c1-9(2)18-8-13(17)15-11-5-4-6-12-10(11)7-14-16(12)3/h7,9,11H,4-6,8H2,1-3H3,(H,15,17). The van der Waals surface area contributed by atoms with Gasteiger partial charge in [0.2, 0.25) is 5.91 Å². The molecule has 1 amide bonds. The second-order valence-electron chi connectivity index (χ2n) is 5.04. The molecule has 1 aliphatic rings. The molecule has 1 aliphatic carbocycles. The van der Waals surface area contributed by atoms with Crippen molar-refractivity contribution in [1.29, 1.82) is 0 Å². The number of nitrogens with one attached hydrogen (secondary N) is 1. The smallest absolute Gasteiger partial charge is 0.246 e. The summed E-state index contributed by atoms with van der Waals surface area (Å²) in [6.07, 6.45) is 5.05. The van der Waals surface area contributed by atoms with E-state index in [0.717, 1.165) is 24.8 Å². The lowest BCUT2D eigenvalue weighted by Gasteiger charge is -2.24. The molecule has 100 valence electrons. The molecular weight excluding hydrogens is 230 g/mol. The van der Waals surface area contributed by atoms with Crippen LogP contribution in [0.2, 0.25) is 0 Å². The van der Waals surface area contributed by atoms with Gasteiger partial charge in [-0.2, -0.15) is 5.10 Å². The zero-order valence-corrected chi connectivity index (χ0v) is 11.3. The van der Waals surface area contributed by atoms with Gasteiger partial charge >= 0.3 is 0 Å². The highest BCUT2D eigenvalue weighted by molar-refractivity contribution is 5.77. The maximum absolute atomic E-state index is 11.8. The average Bonchev–Trinajstić information content (AvgIpc) is 2.70. The van der Waals surface area contributed by atoms with E-state index in [1.54, 1.807) is 0 Å². The summed E-state index contributed by atoms with van der Waals surface area (Å²) < 4.78 is 7.21. The van der Waals surface area contributed by atoms with Gasteiger partial charge in [-0.15, -0.1) is 0 Å². The van der Waals surface area contributed by atoms with Crippen molar-refractivity contribution in [3.05, 3.63) is 17.5 Å². The van der Waals surface area contributed by atoms with Gasteiger partial charge in [-0.1, -0.05) is 0 Å². The Hall–Kier alpha value is -1.36. The summed E-state index contributed by atoms with van der Waals surface area (Å²) in [6, 6.07) is 0.0886. The highest BCUT2D eigenvalue weighted by atomic mass is 16.5. The number of amides is 1. The molecule has 0 fully saturated rings. The van der Waals surface area contributed by atoms with Gasteiger partial charge < -0.3 is 10.1 Å². The van der Waals surface area contributed by atoms with Crippen molar-refractivity contribution in [3.63, 3.8) is 0 Å². The predicted octanol–water partition coefficient (Wildman–Crippen LogP) is 1.34. The number of aromatic nitrogens is 2. The molecule has 1 aromatic heterocycles. The third-order valence-electron chi connectivity index (χ3n) is 3.26. The molecule has 1 atom stereocenters. The van der Waals surface area contributed by atoms with E-state index in [-0.39, 0.29) is 24.7 Å². The first-order valence-electron chi connectivity index (χ1n) is 6.49. The van der Waals surface area contributed by atoms with E-state index in [1.807, 2.05) is 31.8 Å². The highest BCUT2D eigenvalue weighted by Crippen LogP contribution is 2.28. The molecule has 1 heterocycles. The molecule has 2 rings (SSSR count). The van der Waals surface area contributed by atoms with Crippen LogP contribution in [-0.2, 0) is 23.0 Å². The van der Waals surface area contributed by atoms with Crippen LogP contribution in [0.15, 0.2) is 6.20 Å². The Morgan fingerprint density at radius 1 is 1.67 bits per heavy atom. The minimum absolute atomic E-state index is 0.0506. The number of ether oxygens (including phenoxy) is 1. The van der Waals surface area contributed by atoms with E-state index >= 15 is 0 Å². The van der Waals surface area contributed by atoms with Gasteiger partial charge in [0.05, 0.1) is 18.3 Å². The maximum Gasteiger partial charge on any atom is 0.246 e. The number of rotatable bonds is 4. The third-order valence-corrected chi connectivity index (χ3v) is 3.26. The molecule has 0 saturated carbocycles. The minimum Gasteiger partial charge on any atom is -0.369 e. The van der Waals surface area contributed by atoms with E-state index in [1.165, 1.54) is 5.69 Å². The van der Waals surface area contributed by atoms with Crippen LogP contribution in [0.5, 0.6) is 0 Å². The fourth-order valence-corrected chi connectivity index (χ4v) is 2.33. The first kappa shape index (κ1) is 13.1. The van der Waals surface area contributed by atoms with Crippen LogP contribution in [0.25, 0.3) is 0 Å². The second-order valence-corrected chi connectivity index (χ2v) is 5.04. The SMILES string of the molecule is CC(C)OCC(=O)NC1CCCc2c1cnn2C. The Labute approximate surface area is 108 Å². The number of carbonyl (C=O) groups excluding carboxylic acids is 1. The molecule has 0 aromatic carbocycles. The summed E-state index contributed by atoms with van der Waals surface area (Å²) in [5.74, 6) is -0.0506. The summed E-state index contributed by atoms with van der Waals surface area (Å²) in [5.41, 5.74) is 2.39. The first-order valence-corrected chi connectivity index (χ1v) is 6.49. The summed E-state index contributed by atoms with van der Waals surface area (Å²) >= 11 is 0. The molecule has 5 heteroatoms. The predicted molar refractivity (Wildman–Crippen MR) is 68.1 cm³/mol. The zero-order chi connectivity index (χ0) is 13.1. The van der Waals surface area contributed by atoms with Gasteiger partial charge in [0.25, 0.3) is 0 Å². The number of hydrogen-bond donors (Lipinski definition) is 1. The minimum atomic E-state index is -0.0506. The first-order chi connectivity index (χ1) is 8.58. The number of aryl methyl sites for hydroxylation is 1. The average molecular weight is 251 g/mol. The molecule has 0 bridgehead atoms. The van der Waals surface area contributed by atoms with Crippen molar-refractivity contribution in [2.75, 3.05) is 6.61 Å². The van der Waals surface area contributed by atoms with Crippen LogP contribution in [0, 0.1) is 0 Å². The van der Waals surface area contributed by atoms with Crippen LogP contribution < -0.4 is 5.32 Å². The van der Waals surface area contributed by atoms with Gasteiger partial charge in [0, 0.05) is 18.3 Å². The summed E-state index contributed by atoms with van der Waals surface area (Å²) in [6.45, 7) is 3.98. The van der Waals surface area contributed by atoms with E-state index < -0.39 is 0 Å². The van der Waals surface area contributed by atoms with E-state index in [4.69, 9.17) is 4.74 Å². The van der Waals surface area contributed by atoms with Crippen molar-refractivity contribution >= 4 is 5.91 Å². The molecule has 0 saturated heterocycles. The monoisotopic (exact) mass is 251 g/mol. The molecule has 5 nitrogen and oxygen atoms in total. The van der Waals surface area contributed by atoms with Gasteiger partial charge in [-0.05, 0) is 33.1 Å². The van der Waals surface area contributed by atoms with Crippen LogP contribution in [0.1, 0.15) is 44.0 Å². The zero-order valence-electron chi connectivity index (χ0n) is 11.3. The van der Waals surface area contributed by atoms with E-state index in [0.29, 0.717) is 0 Å². The van der Waals surface area contributed by atoms with Crippen molar-refractivity contribution in [3.8, 4) is 0 Å². The quantitative estimate of drug-likeness (QED) is 0.878. The molecule has 1 N–H and O–H groups in total. The van der Waals surface area contributed by atoms with Crippen LogP contribution in [0.3, 0.4) is 0 Å². The number of carbonyl (C=O) groups is 1. The van der Waals surface area contributed by atoms with Crippen LogP contribution in [-0.4, -0.2) is 28.4 Å². The number of fused-ring (bicyclic) bond motifs is 1. The Bertz CT molecular complexity index is 426. The lowest BCUT2D eigenvalue weighted by Crippen LogP contribution is -2.34. The Morgan fingerprint density at radius 3 is 3.17 bits per heavy atom. The van der Waals surface area contributed by atoms with E-state index in [2.05, 4.69) is 10.4 Å². The normalized spacial score (nSPS) is 18.8. The maximum atomic E-state index is 11.8. The number of nitrogens with zero attached hydrogens (tertiary/aromatic N) is 2. The third kappa shape index (κ3) is 2.90. The highest BCUT2D eigenvalue weighted by Gasteiger charge is 2.24. The molecule has 1 aromatic rings. The molecule has 0 radical (unpaired) electrons. The van der Waals surface area contributed by atoms with Crippen molar-refractivity contribution in [2.45, 2.75) is 45.3 Å². The summed E-state index contributed by atoms with van der Waals surface area (Å²) in [5, 5.41) is 7.29. The fraction of sp³-hybridized carbons (Fsp3) is 0.692. The lowest BCUT2D eigenvalue weighted by molar-refractivity contribution is -0.127. The van der Waals surface area contributed by atoms with Crippen LogP contribution in [0.4, 0.5) is 0 Å². The molecule has 1 unspecified atom stereocenters. The molecular formula is C13H21N3O2. The Kier molecular flexibility index (Phi) is 4.01. The molecule has 18 heavy (non-hydrogen) atoms. The van der Waals surface area contributed by atoms with Gasteiger partial charge in [0.15, 0.2) is 0 Å². The van der Waals surface area contributed by atoms with Crippen molar-refractivity contribution < 1.29 is 9.53 Å². The number of hydrogen-bond acceptors (Lipinski definition) is 3. The van der Waals surface area contributed by atoms with Gasteiger partial charge in [0.1, 0.15) is 6.61 Å². The van der Waals surface area contributed by atoms with Crippen molar-refractivity contribution in [2.24, 2.45) is 7.05 Å².